The monoisotopic (exact) mass is 361 g/mol. The molecule has 0 radical (unpaired) electrons. The molecule has 0 aromatic heterocycles. The molecule has 1 aliphatic rings. The van der Waals surface area contributed by atoms with Crippen molar-refractivity contribution in [3.8, 4) is 5.75 Å². The second kappa shape index (κ2) is 9.81. The highest BCUT2D eigenvalue weighted by Gasteiger charge is 2.26. The SMILES string of the molecule is COc1ccc(C(O)C(CN2CCCCC2)c2ccccc2)cc1.Cl. The van der Waals surface area contributed by atoms with Crippen LogP contribution in [0.5, 0.6) is 5.75 Å². The van der Waals surface area contributed by atoms with Gasteiger partial charge in [0.1, 0.15) is 5.75 Å². The Morgan fingerprint density at radius 2 is 1.56 bits per heavy atom. The van der Waals surface area contributed by atoms with Crippen LogP contribution < -0.4 is 4.74 Å². The summed E-state index contributed by atoms with van der Waals surface area (Å²) in [6, 6.07) is 18.2. The number of likely N-dealkylation sites (tertiary alicyclic amines) is 1. The number of hydrogen-bond acceptors (Lipinski definition) is 3. The van der Waals surface area contributed by atoms with Gasteiger partial charge in [0.25, 0.3) is 0 Å². The van der Waals surface area contributed by atoms with Crippen molar-refractivity contribution >= 4 is 12.4 Å². The Hall–Kier alpha value is -1.55. The normalized spacial score (nSPS) is 17.4. The van der Waals surface area contributed by atoms with Crippen molar-refractivity contribution in [2.45, 2.75) is 31.3 Å². The van der Waals surface area contributed by atoms with Crippen LogP contribution in [0.4, 0.5) is 0 Å². The third kappa shape index (κ3) is 5.21. The maximum Gasteiger partial charge on any atom is 0.118 e. The summed E-state index contributed by atoms with van der Waals surface area (Å²) < 4.78 is 5.23. The molecule has 0 saturated carbocycles. The molecule has 1 N–H and O–H groups in total. The van der Waals surface area contributed by atoms with E-state index in [1.54, 1.807) is 7.11 Å². The zero-order valence-electron chi connectivity index (χ0n) is 14.8. The molecule has 1 fully saturated rings. The van der Waals surface area contributed by atoms with E-state index in [0.29, 0.717) is 0 Å². The number of methoxy groups -OCH3 is 1. The van der Waals surface area contributed by atoms with Crippen LogP contribution in [0.2, 0.25) is 0 Å². The molecule has 3 rings (SSSR count). The topological polar surface area (TPSA) is 32.7 Å². The van der Waals surface area contributed by atoms with E-state index in [-0.39, 0.29) is 18.3 Å². The number of hydrogen-bond donors (Lipinski definition) is 1. The largest absolute Gasteiger partial charge is 0.497 e. The first kappa shape index (κ1) is 19.8. The van der Waals surface area contributed by atoms with Gasteiger partial charge < -0.3 is 14.7 Å². The third-order valence-corrected chi connectivity index (χ3v) is 4.97. The van der Waals surface area contributed by atoms with E-state index in [9.17, 15) is 5.11 Å². The lowest BCUT2D eigenvalue weighted by atomic mass is 9.88. The fourth-order valence-corrected chi connectivity index (χ4v) is 3.54. The molecule has 2 unspecified atom stereocenters. The van der Waals surface area contributed by atoms with Crippen LogP contribution >= 0.6 is 12.4 Å². The minimum atomic E-state index is -0.514. The molecule has 2 atom stereocenters. The van der Waals surface area contributed by atoms with E-state index >= 15 is 0 Å². The Morgan fingerprint density at radius 3 is 2.16 bits per heavy atom. The average Bonchev–Trinajstić information content (AvgIpc) is 2.67. The van der Waals surface area contributed by atoms with Crippen LogP contribution in [-0.4, -0.2) is 36.8 Å². The minimum absolute atomic E-state index is 0. The lowest BCUT2D eigenvalue weighted by molar-refractivity contribution is 0.109. The van der Waals surface area contributed by atoms with Crippen LogP contribution in [0, 0.1) is 0 Å². The summed E-state index contributed by atoms with van der Waals surface area (Å²) in [6.45, 7) is 3.18. The highest BCUT2D eigenvalue weighted by Crippen LogP contribution is 2.33. The van der Waals surface area contributed by atoms with Crippen LogP contribution in [0.1, 0.15) is 42.4 Å². The summed E-state index contributed by atoms with van der Waals surface area (Å²) in [5.74, 6) is 0.899. The van der Waals surface area contributed by atoms with Gasteiger partial charge in [-0.15, -0.1) is 12.4 Å². The molecule has 1 saturated heterocycles. The Kier molecular flexibility index (Phi) is 7.76. The molecule has 2 aromatic carbocycles. The standard InChI is InChI=1S/C21H27NO2.ClH/c1-24-19-12-10-18(11-13-19)21(23)20(17-8-4-2-5-9-17)16-22-14-6-3-7-15-22;/h2,4-5,8-13,20-21,23H,3,6-7,14-16H2,1H3;1H. The number of nitrogens with zero attached hydrogens (tertiary/aromatic N) is 1. The van der Waals surface area contributed by atoms with E-state index in [0.717, 1.165) is 30.9 Å². The van der Waals surface area contributed by atoms with Gasteiger partial charge in [-0.1, -0.05) is 48.9 Å². The van der Waals surface area contributed by atoms with Gasteiger partial charge in [-0.3, -0.25) is 0 Å². The van der Waals surface area contributed by atoms with Crippen LogP contribution in [0.15, 0.2) is 54.6 Å². The second-order valence-corrected chi connectivity index (χ2v) is 6.60. The van der Waals surface area contributed by atoms with E-state index < -0.39 is 6.10 Å². The van der Waals surface area contributed by atoms with Crippen LogP contribution in [-0.2, 0) is 0 Å². The number of aliphatic hydroxyl groups excluding tert-OH is 1. The number of benzene rings is 2. The second-order valence-electron chi connectivity index (χ2n) is 6.60. The Balaban J connectivity index is 0.00000225. The van der Waals surface area contributed by atoms with Crippen molar-refractivity contribution < 1.29 is 9.84 Å². The van der Waals surface area contributed by atoms with Gasteiger partial charge in [-0.2, -0.15) is 0 Å². The van der Waals surface area contributed by atoms with E-state index in [1.165, 1.54) is 24.8 Å². The van der Waals surface area contributed by atoms with E-state index in [1.807, 2.05) is 30.3 Å². The molecule has 0 spiro atoms. The summed E-state index contributed by atoms with van der Waals surface area (Å²) in [6.07, 6.45) is 3.34. The Morgan fingerprint density at radius 1 is 0.920 bits per heavy atom. The van der Waals surface area contributed by atoms with E-state index in [4.69, 9.17) is 4.74 Å². The molecular weight excluding hydrogens is 334 g/mol. The number of piperidine rings is 1. The van der Waals surface area contributed by atoms with Crippen molar-refractivity contribution in [2.24, 2.45) is 0 Å². The van der Waals surface area contributed by atoms with Gasteiger partial charge in [0.05, 0.1) is 13.2 Å². The zero-order valence-corrected chi connectivity index (χ0v) is 15.6. The first-order chi connectivity index (χ1) is 11.8. The molecule has 3 nitrogen and oxygen atoms in total. The smallest absolute Gasteiger partial charge is 0.118 e. The predicted molar refractivity (Wildman–Crippen MR) is 105 cm³/mol. The maximum absolute atomic E-state index is 11.1. The zero-order chi connectivity index (χ0) is 16.8. The minimum Gasteiger partial charge on any atom is -0.497 e. The van der Waals surface area contributed by atoms with Gasteiger partial charge in [0.2, 0.25) is 0 Å². The molecular formula is C21H28ClNO2. The molecule has 4 heteroatoms. The summed E-state index contributed by atoms with van der Waals surface area (Å²) in [5.41, 5.74) is 2.15. The molecule has 0 aliphatic carbocycles. The molecule has 0 amide bonds. The van der Waals surface area contributed by atoms with Gasteiger partial charge >= 0.3 is 0 Å². The number of rotatable bonds is 6. The molecule has 0 bridgehead atoms. The summed E-state index contributed by atoms with van der Waals surface area (Å²) in [5, 5.41) is 11.1. The fourth-order valence-electron chi connectivity index (χ4n) is 3.54. The van der Waals surface area contributed by atoms with E-state index in [2.05, 4.69) is 29.2 Å². The summed E-state index contributed by atoms with van der Waals surface area (Å²) >= 11 is 0. The summed E-state index contributed by atoms with van der Waals surface area (Å²) in [7, 11) is 1.66. The Bertz CT molecular complexity index is 612. The van der Waals surface area contributed by atoms with Gasteiger partial charge in [0.15, 0.2) is 0 Å². The first-order valence-electron chi connectivity index (χ1n) is 8.87. The van der Waals surface area contributed by atoms with Gasteiger partial charge in [-0.05, 0) is 49.2 Å². The maximum atomic E-state index is 11.1. The predicted octanol–water partition coefficient (Wildman–Crippen LogP) is 4.42. The van der Waals surface area contributed by atoms with Crippen molar-refractivity contribution in [1.29, 1.82) is 0 Å². The number of halogens is 1. The van der Waals surface area contributed by atoms with Crippen molar-refractivity contribution in [3.63, 3.8) is 0 Å². The van der Waals surface area contributed by atoms with Gasteiger partial charge in [0, 0.05) is 12.5 Å². The number of ether oxygens (including phenoxy) is 1. The molecule has 2 aromatic rings. The van der Waals surface area contributed by atoms with Crippen molar-refractivity contribution in [2.75, 3.05) is 26.7 Å². The average molecular weight is 362 g/mol. The van der Waals surface area contributed by atoms with Crippen LogP contribution in [0.25, 0.3) is 0 Å². The lowest BCUT2D eigenvalue weighted by Crippen LogP contribution is -2.35. The van der Waals surface area contributed by atoms with Crippen molar-refractivity contribution in [1.82, 2.24) is 4.90 Å². The molecule has 1 aliphatic heterocycles. The molecule has 25 heavy (non-hydrogen) atoms. The van der Waals surface area contributed by atoms with Crippen LogP contribution in [0.3, 0.4) is 0 Å². The number of aliphatic hydroxyl groups is 1. The van der Waals surface area contributed by atoms with Crippen molar-refractivity contribution in [3.05, 3.63) is 65.7 Å². The van der Waals surface area contributed by atoms with Gasteiger partial charge in [-0.25, -0.2) is 0 Å². The fraction of sp³-hybridized carbons (Fsp3) is 0.429. The quantitative estimate of drug-likeness (QED) is 0.826. The summed E-state index contributed by atoms with van der Waals surface area (Å²) in [4.78, 5) is 2.49. The molecule has 1 heterocycles. The highest BCUT2D eigenvalue weighted by molar-refractivity contribution is 5.85. The Labute approximate surface area is 157 Å². The lowest BCUT2D eigenvalue weighted by Gasteiger charge is -2.33. The first-order valence-corrected chi connectivity index (χ1v) is 8.87. The molecule has 136 valence electrons. The highest BCUT2D eigenvalue weighted by atomic mass is 35.5. The third-order valence-electron chi connectivity index (χ3n) is 4.97.